The van der Waals surface area contributed by atoms with Crippen molar-refractivity contribution in [2.24, 2.45) is 0 Å². The van der Waals surface area contributed by atoms with Gasteiger partial charge in [0.15, 0.2) is 5.76 Å². The van der Waals surface area contributed by atoms with E-state index in [0.29, 0.717) is 41.4 Å². The Bertz CT molecular complexity index is 1030. The van der Waals surface area contributed by atoms with Gasteiger partial charge < -0.3 is 19.6 Å². The number of ether oxygens (including phenoxy) is 2. The van der Waals surface area contributed by atoms with E-state index in [1.807, 2.05) is 24.3 Å². The van der Waals surface area contributed by atoms with Crippen LogP contribution in [-0.4, -0.2) is 26.2 Å². The molecule has 0 radical (unpaired) electrons. The van der Waals surface area contributed by atoms with Crippen LogP contribution in [0.15, 0.2) is 53.1 Å². The molecule has 0 aliphatic rings. The van der Waals surface area contributed by atoms with E-state index >= 15 is 0 Å². The Balaban J connectivity index is 1.53. The number of rotatable bonds is 7. The lowest BCUT2D eigenvalue weighted by Crippen LogP contribution is -2.01. The van der Waals surface area contributed by atoms with Gasteiger partial charge in [-0.05, 0) is 42.8 Å². The molecule has 0 saturated carbocycles. The van der Waals surface area contributed by atoms with Crippen LogP contribution in [0.25, 0.3) is 17.4 Å². The van der Waals surface area contributed by atoms with Gasteiger partial charge in [-0.3, -0.25) is 0 Å². The third-order valence-corrected chi connectivity index (χ3v) is 3.87. The minimum absolute atomic E-state index is 0.330. The second kappa shape index (κ2) is 7.36. The van der Waals surface area contributed by atoms with Crippen LogP contribution >= 0.6 is 0 Å². The van der Waals surface area contributed by atoms with Gasteiger partial charge in [0, 0.05) is 6.07 Å². The summed E-state index contributed by atoms with van der Waals surface area (Å²) in [5, 5.41) is 4.30. The quantitative estimate of drug-likeness (QED) is 0.495. The van der Waals surface area contributed by atoms with E-state index in [-0.39, 0.29) is 0 Å². The second-order valence-corrected chi connectivity index (χ2v) is 5.92. The minimum Gasteiger partial charge on any atom is -0.494 e. The summed E-state index contributed by atoms with van der Waals surface area (Å²) in [6.07, 6.45) is 3.68. The van der Waals surface area contributed by atoms with E-state index in [1.54, 1.807) is 24.5 Å². The number of nitrogens with zero attached hydrogens (tertiary/aromatic N) is 4. The molecule has 4 aromatic rings. The monoisotopic (exact) mass is 365 g/mol. The van der Waals surface area contributed by atoms with Crippen LogP contribution in [0.2, 0.25) is 0 Å². The molecule has 0 spiro atoms. The molecule has 1 aromatic carbocycles. The third-order valence-electron chi connectivity index (χ3n) is 3.87. The smallest absolute Gasteiger partial charge is 0.258 e. The van der Waals surface area contributed by atoms with Crippen molar-refractivity contribution in [3.8, 4) is 29.0 Å². The number of nitrogen functional groups attached to an aromatic ring is 1. The molecule has 3 aromatic heterocycles. The summed E-state index contributed by atoms with van der Waals surface area (Å²) in [4.78, 5) is 8.70. The van der Waals surface area contributed by atoms with Crippen molar-refractivity contribution < 1.29 is 13.9 Å². The average Bonchev–Trinajstić information content (AvgIpc) is 3.33. The van der Waals surface area contributed by atoms with Crippen LogP contribution in [0, 0.1) is 0 Å². The van der Waals surface area contributed by atoms with E-state index in [4.69, 9.17) is 19.6 Å². The number of furan rings is 1. The summed E-state index contributed by atoms with van der Waals surface area (Å²) in [6.45, 7) is 2.83. The molecule has 3 heterocycles. The molecule has 0 aliphatic heterocycles. The fraction of sp³-hybridized carbons (Fsp3) is 0.211. The summed E-state index contributed by atoms with van der Waals surface area (Å²) in [5.41, 5.74) is 6.06. The zero-order valence-electron chi connectivity index (χ0n) is 14.8. The Morgan fingerprint density at radius 2 is 1.93 bits per heavy atom. The minimum atomic E-state index is 0.330. The highest BCUT2D eigenvalue weighted by atomic mass is 16.5. The van der Waals surface area contributed by atoms with Gasteiger partial charge in [-0.2, -0.15) is 14.5 Å². The van der Waals surface area contributed by atoms with Crippen molar-refractivity contribution in [3.05, 3.63) is 48.7 Å². The Morgan fingerprint density at radius 1 is 1.11 bits per heavy atom. The van der Waals surface area contributed by atoms with Crippen molar-refractivity contribution in [2.45, 2.75) is 19.8 Å². The number of hydrogen-bond donors (Lipinski definition) is 1. The lowest BCUT2D eigenvalue weighted by Gasteiger charge is -2.08. The standard InChI is InChI=1S/C19H19N5O3/c1-2-3-10-25-13-6-8-14(9-7-13)27-17-12-16(20)24-19(21-17)22-18(23-24)15-5-4-11-26-15/h4-9,11-12H,2-3,10,20H2,1H3. The van der Waals surface area contributed by atoms with Gasteiger partial charge in [0.1, 0.15) is 17.3 Å². The molecule has 0 amide bonds. The first-order chi connectivity index (χ1) is 13.2. The van der Waals surface area contributed by atoms with Gasteiger partial charge in [0.25, 0.3) is 5.78 Å². The van der Waals surface area contributed by atoms with E-state index in [1.165, 1.54) is 4.52 Å². The van der Waals surface area contributed by atoms with Gasteiger partial charge in [-0.1, -0.05) is 13.3 Å². The molecule has 0 atom stereocenters. The third kappa shape index (κ3) is 3.69. The zero-order chi connectivity index (χ0) is 18.6. The molecule has 0 unspecified atom stereocenters. The number of hydrogen-bond acceptors (Lipinski definition) is 7. The lowest BCUT2D eigenvalue weighted by molar-refractivity contribution is 0.309. The van der Waals surface area contributed by atoms with Crippen molar-refractivity contribution in [1.82, 2.24) is 19.6 Å². The first-order valence-corrected chi connectivity index (χ1v) is 8.71. The maximum atomic E-state index is 6.06. The highest BCUT2D eigenvalue weighted by Crippen LogP contribution is 2.25. The summed E-state index contributed by atoms with van der Waals surface area (Å²) < 4.78 is 18.2. The van der Waals surface area contributed by atoms with Crippen molar-refractivity contribution in [1.29, 1.82) is 0 Å². The summed E-state index contributed by atoms with van der Waals surface area (Å²) in [7, 11) is 0. The molecule has 27 heavy (non-hydrogen) atoms. The van der Waals surface area contributed by atoms with Crippen LogP contribution < -0.4 is 15.2 Å². The van der Waals surface area contributed by atoms with Crippen LogP contribution in [0.1, 0.15) is 19.8 Å². The topological polar surface area (TPSA) is 101 Å². The normalized spacial score (nSPS) is 11.0. The molecule has 4 rings (SSSR count). The Hall–Kier alpha value is -3.55. The Labute approximate surface area is 155 Å². The van der Waals surface area contributed by atoms with E-state index in [2.05, 4.69) is 22.0 Å². The van der Waals surface area contributed by atoms with E-state index < -0.39 is 0 Å². The van der Waals surface area contributed by atoms with Crippen LogP contribution in [0.3, 0.4) is 0 Å². The first kappa shape index (κ1) is 16.9. The highest BCUT2D eigenvalue weighted by molar-refractivity contribution is 5.53. The Morgan fingerprint density at radius 3 is 2.67 bits per heavy atom. The van der Waals surface area contributed by atoms with Gasteiger partial charge in [-0.15, -0.1) is 5.10 Å². The second-order valence-electron chi connectivity index (χ2n) is 5.92. The van der Waals surface area contributed by atoms with Crippen molar-refractivity contribution in [3.63, 3.8) is 0 Å². The first-order valence-electron chi connectivity index (χ1n) is 8.71. The molecule has 138 valence electrons. The highest BCUT2D eigenvalue weighted by Gasteiger charge is 2.13. The van der Waals surface area contributed by atoms with Crippen LogP contribution in [0.4, 0.5) is 5.82 Å². The summed E-state index contributed by atoms with van der Waals surface area (Å²) >= 11 is 0. The molecule has 0 aliphatic carbocycles. The van der Waals surface area contributed by atoms with Gasteiger partial charge >= 0.3 is 0 Å². The molecule has 0 fully saturated rings. The fourth-order valence-corrected chi connectivity index (χ4v) is 2.49. The number of benzene rings is 1. The average molecular weight is 365 g/mol. The number of unbranched alkanes of at least 4 members (excludes halogenated alkanes) is 1. The number of fused-ring (bicyclic) bond motifs is 1. The zero-order valence-corrected chi connectivity index (χ0v) is 14.8. The molecule has 0 bridgehead atoms. The van der Waals surface area contributed by atoms with Crippen LogP contribution in [-0.2, 0) is 0 Å². The lowest BCUT2D eigenvalue weighted by atomic mass is 10.3. The van der Waals surface area contributed by atoms with Gasteiger partial charge in [-0.25, -0.2) is 0 Å². The van der Waals surface area contributed by atoms with Gasteiger partial charge in [0.2, 0.25) is 11.7 Å². The molecule has 2 N–H and O–H groups in total. The van der Waals surface area contributed by atoms with E-state index in [9.17, 15) is 0 Å². The molecule has 0 saturated heterocycles. The largest absolute Gasteiger partial charge is 0.494 e. The summed E-state index contributed by atoms with van der Waals surface area (Å²) in [5.74, 6) is 3.40. The SMILES string of the molecule is CCCCOc1ccc(Oc2cc(N)n3nc(-c4ccco4)nc3n2)cc1. The van der Waals surface area contributed by atoms with E-state index in [0.717, 1.165) is 18.6 Å². The fourth-order valence-electron chi connectivity index (χ4n) is 2.49. The summed E-state index contributed by atoms with van der Waals surface area (Å²) in [6, 6.07) is 12.5. The maximum absolute atomic E-state index is 6.06. The molecular weight excluding hydrogens is 346 g/mol. The van der Waals surface area contributed by atoms with Crippen LogP contribution in [0.5, 0.6) is 17.4 Å². The van der Waals surface area contributed by atoms with Gasteiger partial charge in [0.05, 0.1) is 12.9 Å². The molecule has 8 heteroatoms. The molecular formula is C19H19N5O3. The number of anilines is 1. The number of nitrogens with two attached hydrogens (primary N) is 1. The van der Waals surface area contributed by atoms with Crippen molar-refractivity contribution >= 4 is 11.6 Å². The van der Waals surface area contributed by atoms with Crippen molar-refractivity contribution in [2.75, 3.05) is 12.3 Å². The predicted molar refractivity (Wildman–Crippen MR) is 99.8 cm³/mol. The molecule has 8 nitrogen and oxygen atoms in total. The predicted octanol–water partition coefficient (Wildman–Crippen LogP) is 3.94. The maximum Gasteiger partial charge on any atom is 0.258 e. The number of aromatic nitrogens is 4. The Kier molecular flexibility index (Phi) is 4.61.